The Balaban J connectivity index is 1.82. The molecule has 0 aromatic rings. The number of allylic oxidation sites excluding steroid dienone is 2. The van der Waals surface area contributed by atoms with Crippen molar-refractivity contribution in [2.24, 2.45) is 17.8 Å². The molecule has 1 heterocycles. The molecule has 0 bridgehead atoms. The summed E-state index contributed by atoms with van der Waals surface area (Å²) >= 11 is 6.44. The highest BCUT2D eigenvalue weighted by Gasteiger charge is 2.47. The van der Waals surface area contributed by atoms with Gasteiger partial charge in [0.05, 0.1) is 17.6 Å². The second-order valence-corrected chi connectivity index (χ2v) is 9.91. The van der Waals surface area contributed by atoms with Crippen molar-refractivity contribution in [2.75, 3.05) is 6.61 Å². The number of amides is 1. The molecule has 0 saturated heterocycles. The number of nitrogens with one attached hydrogen (secondary N) is 1. The van der Waals surface area contributed by atoms with E-state index >= 15 is 0 Å². The molecule has 3 rings (SSSR count). The average molecular weight is 366 g/mol. The van der Waals surface area contributed by atoms with Crippen LogP contribution >= 0.6 is 11.6 Å². The molecule has 3 aliphatic rings. The third-order valence-corrected chi connectivity index (χ3v) is 6.97. The zero-order chi connectivity index (χ0) is 18.2. The van der Waals surface area contributed by atoms with E-state index in [0.29, 0.717) is 24.4 Å². The summed E-state index contributed by atoms with van der Waals surface area (Å²) < 4.78 is 6.12. The number of ether oxygens (including phenoxy) is 1. The molecule has 5 atom stereocenters. The topological polar surface area (TPSA) is 38.3 Å². The molecule has 0 aromatic carbocycles. The molecule has 1 saturated carbocycles. The number of halogens is 1. The minimum Gasteiger partial charge on any atom is -0.372 e. The number of hydrogen-bond acceptors (Lipinski definition) is 2. The van der Waals surface area contributed by atoms with Gasteiger partial charge < -0.3 is 10.1 Å². The Kier molecular flexibility index (Phi) is 5.37. The second-order valence-electron chi connectivity index (χ2n) is 8.94. The van der Waals surface area contributed by atoms with Crippen molar-refractivity contribution in [1.82, 2.24) is 5.32 Å². The van der Waals surface area contributed by atoms with Crippen molar-refractivity contribution in [2.45, 2.75) is 76.3 Å². The van der Waals surface area contributed by atoms with E-state index in [-0.39, 0.29) is 16.5 Å². The Bertz CT molecular complexity index is 577. The highest BCUT2D eigenvalue weighted by Crippen LogP contribution is 2.50. The quantitative estimate of drug-likeness (QED) is 0.449. The van der Waals surface area contributed by atoms with Crippen LogP contribution in [0.4, 0.5) is 0 Å². The lowest BCUT2D eigenvalue weighted by Gasteiger charge is -2.51. The van der Waals surface area contributed by atoms with E-state index in [0.717, 1.165) is 38.5 Å². The van der Waals surface area contributed by atoms with E-state index in [1.165, 1.54) is 11.1 Å². The summed E-state index contributed by atoms with van der Waals surface area (Å²) in [4.78, 5) is 10.8. The van der Waals surface area contributed by atoms with Crippen LogP contribution in [0, 0.1) is 17.8 Å². The van der Waals surface area contributed by atoms with Gasteiger partial charge in [-0.05, 0) is 83.1 Å². The van der Waals surface area contributed by atoms with Crippen molar-refractivity contribution in [1.29, 1.82) is 0 Å². The van der Waals surface area contributed by atoms with Gasteiger partial charge in [0.15, 0.2) is 0 Å². The normalized spacial score (nSPS) is 39.1. The summed E-state index contributed by atoms with van der Waals surface area (Å²) in [6, 6.07) is 0. The van der Waals surface area contributed by atoms with Crippen molar-refractivity contribution in [3.8, 4) is 0 Å². The maximum Gasteiger partial charge on any atom is 0.207 e. The lowest BCUT2D eigenvalue weighted by atomic mass is 9.58. The second kappa shape index (κ2) is 7.08. The van der Waals surface area contributed by atoms with Crippen LogP contribution in [0.15, 0.2) is 23.3 Å². The van der Waals surface area contributed by atoms with Crippen LogP contribution < -0.4 is 5.32 Å². The van der Waals surface area contributed by atoms with Gasteiger partial charge in [-0.3, -0.25) is 4.79 Å². The molecule has 140 valence electrons. The zero-order valence-corrected chi connectivity index (χ0v) is 16.7. The van der Waals surface area contributed by atoms with Gasteiger partial charge in [-0.2, -0.15) is 0 Å². The average Bonchev–Trinajstić information content (AvgIpc) is 2.54. The van der Waals surface area contributed by atoms with Crippen LogP contribution in [0.2, 0.25) is 0 Å². The zero-order valence-electron chi connectivity index (χ0n) is 16.0. The van der Waals surface area contributed by atoms with Crippen LogP contribution in [0.1, 0.15) is 59.8 Å². The summed E-state index contributed by atoms with van der Waals surface area (Å²) in [7, 11) is 0. The van der Waals surface area contributed by atoms with E-state index in [4.69, 9.17) is 16.3 Å². The van der Waals surface area contributed by atoms with Gasteiger partial charge in [0.2, 0.25) is 6.41 Å². The van der Waals surface area contributed by atoms with Gasteiger partial charge in [-0.25, -0.2) is 0 Å². The predicted octanol–water partition coefficient (Wildman–Crippen LogP) is 4.61. The summed E-state index contributed by atoms with van der Waals surface area (Å²) in [6.45, 7) is 9.21. The van der Waals surface area contributed by atoms with E-state index in [1.807, 2.05) is 13.8 Å². The number of fused-ring (bicyclic) bond motifs is 1. The fourth-order valence-corrected chi connectivity index (χ4v) is 5.29. The molecular formula is C21H32ClNO2. The molecule has 0 spiro atoms. The monoisotopic (exact) mass is 365 g/mol. The van der Waals surface area contributed by atoms with Crippen LogP contribution in [0.5, 0.6) is 0 Å². The number of hydrogen-bond donors (Lipinski definition) is 1. The third-order valence-electron chi connectivity index (χ3n) is 6.72. The first-order chi connectivity index (χ1) is 11.7. The molecule has 3 nitrogen and oxygen atoms in total. The number of alkyl halides is 1. The molecule has 1 fully saturated rings. The van der Waals surface area contributed by atoms with Crippen molar-refractivity contribution < 1.29 is 9.53 Å². The van der Waals surface area contributed by atoms with Crippen molar-refractivity contribution >= 4 is 18.0 Å². The standard InChI is InChI=1S/C21H32ClNO2/c1-14-5-7-18-17(11-14)16(9-10-21(18,4)23-13-24)15-6-8-19(25-12-15)20(2,3)22/h6,11,13,16-19H,5,7-10,12H2,1-4H3,(H,23,24)/t16-,17?,18+,19?,21+/m0/s1. The Morgan fingerprint density at radius 1 is 1.40 bits per heavy atom. The number of carbonyl (C=O) groups excluding carboxylic acids is 1. The first-order valence-corrected chi connectivity index (χ1v) is 10.0. The molecule has 2 unspecified atom stereocenters. The lowest BCUT2D eigenvalue weighted by molar-refractivity contribution is -0.112. The molecule has 1 amide bonds. The molecule has 1 N–H and O–H groups in total. The van der Waals surface area contributed by atoms with Gasteiger partial charge in [-0.1, -0.05) is 17.7 Å². The van der Waals surface area contributed by atoms with E-state index in [9.17, 15) is 4.79 Å². The van der Waals surface area contributed by atoms with Gasteiger partial charge >= 0.3 is 0 Å². The van der Waals surface area contributed by atoms with E-state index < -0.39 is 0 Å². The molecule has 4 heteroatoms. The van der Waals surface area contributed by atoms with Crippen LogP contribution in [-0.2, 0) is 9.53 Å². The Labute approximate surface area is 157 Å². The maximum absolute atomic E-state index is 11.2. The maximum atomic E-state index is 11.2. The van der Waals surface area contributed by atoms with Gasteiger partial charge in [-0.15, -0.1) is 11.6 Å². The van der Waals surface area contributed by atoms with Crippen LogP contribution in [0.3, 0.4) is 0 Å². The fraction of sp³-hybridized carbons (Fsp3) is 0.762. The Hall–Kier alpha value is -0.800. The highest BCUT2D eigenvalue weighted by molar-refractivity contribution is 6.23. The van der Waals surface area contributed by atoms with Crippen molar-refractivity contribution in [3.05, 3.63) is 23.3 Å². The first-order valence-electron chi connectivity index (χ1n) is 9.62. The highest BCUT2D eigenvalue weighted by atomic mass is 35.5. The molecular weight excluding hydrogens is 334 g/mol. The summed E-state index contributed by atoms with van der Waals surface area (Å²) in [5.74, 6) is 1.53. The lowest BCUT2D eigenvalue weighted by Crippen LogP contribution is -2.56. The van der Waals surface area contributed by atoms with Crippen LogP contribution in [-0.4, -0.2) is 29.5 Å². The summed E-state index contributed by atoms with van der Waals surface area (Å²) in [5, 5.41) is 3.15. The van der Waals surface area contributed by atoms with E-state index in [2.05, 4.69) is 31.3 Å². The summed E-state index contributed by atoms with van der Waals surface area (Å²) in [6.07, 6.45) is 11.2. The van der Waals surface area contributed by atoms with Crippen LogP contribution in [0.25, 0.3) is 0 Å². The largest absolute Gasteiger partial charge is 0.372 e. The smallest absolute Gasteiger partial charge is 0.207 e. The molecule has 2 aliphatic carbocycles. The fourth-order valence-electron chi connectivity index (χ4n) is 5.14. The third kappa shape index (κ3) is 3.83. The first kappa shape index (κ1) is 19.0. The minimum atomic E-state index is -0.328. The SMILES string of the molecule is CC1=CC2[C@@H](CC1)[C@](C)(NC=O)CC[C@H]2C1=CCC(C(C)(C)Cl)OC1. The van der Waals surface area contributed by atoms with Gasteiger partial charge in [0, 0.05) is 5.54 Å². The Morgan fingerprint density at radius 2 is 2.16 bits per heavy atom. The molecule has 25 heavy (non-hydrogen) atoms. The molecule has 1 aliphatic heterocycles. The van der Waals surface area contributed by atoms with Gasteiger partial charge in [0.25, 0.3) is 0 Å². The predicted molar refractivity (Wildman–Crippen MR) is 103 cm³/mol. The van der Waals surface area contributed by atoms with E-state index in [1.54, 1.807) is 0 Å². The number of carbonyl (C=O) groups is 1. The minimum absolute atomic E-state index is 0.0861. The molecule has 0 aromatic heterocycles. The van der Waals surface area contributed by atoms with Gasteiger partial charge in [0.1, 0.15) is 0 Å². The summed E-state index contributed by atoms with van der Waals surface area (Å²) in [5.41, 5.74) is 2.83. The Morgan fingerprint density at radius 3 is 2.76 bits per heavy atom. The molecule has 0 radical (unpaired) electrons. The van der Waals surface area contributed by atoms with Crippen molar-refractivity contribution in [3.63, 3.8) is 0 Å². The number of rotatable bonds is 4.